The highest BCUT2D eigenvalue weighted by Crippen LogP contribution is 2.32. The molecule has 1 aliphatic rings. The second-order valence-electron chi connectivity index (χ2n) is 6.60. The van der Waals surface area contributed by atoms with Gasteiger partial charge in [-0.05, 0) is 25.3 Å². The largest absolute Gasteiger partial charge is 0.377 e. The summed E-state index contributed by atoms with van der Waals surface area (Å²) in [5, 5.41) is 4.71. The zero-order chi connectivity index (χ0) is 15.4. The number of thiazole rings is 1. The Kier molecular flexibility index (Phi) is 6.02. The summed E-state index contributed by atoms with van der Waals surface area (Å²) in [4.78, 5) is 8.71. The zero-order valence-electron chi connectivity index (χ0n) is 14.0. The molecule has 0 amide bonds. The normalized spacial score (nSPS) is 19.8. The third-order valence-corrected chi connectivity index (χ3v) is 4.82. The van der Waals surface area contributed by atoms with Gasteiger partial charge in [0, 0.05) is 18.0 Å². The van der Waals surface area contributed by atoms with Crippen molar-refractivity contribution in [2.75, 3.05) is 31.2 Å². The summed E-state index contributed by atoms with van der Waals surface area (Å²) < 4.78 is 5.53. The molecule has 2 rings (SSSR count). The monoisotopic (exact) mass is 311 g/mol. The first kappa shape index (κ1) is 16.7. The van der Waals surface area contributed by atoms with Gasteiger partial charge in [-0.15, -0.1) is 11.3 Å². The van der Waals surface area contributed by atoms with E-state index in [1.807, 2.05) is 11.3 Å². The van der Waals surface area contributed by atoms with Gasteiger partial charge < -0.3 is 15.0 Å². The average Bonchev–Trinajstić information content (AvgIpc) is 2.83. The van der Waals surface area contributed by atoms with E-state index in [-0.39, 0.29) is 0 Å². The first-order chi connectivity index (χ1) is 9.99. The smallest absolute Gasteiger partial charge is 0.186 e. The minimum Gasteiger partial charge on any atom is -0.377 e. The minimum atomic E-state index is 0.418. The van der Waals surface area contributed by atoms with E-state index in [4.69, 9.17) is 9.72 Å². The number of aromatic nitrogens is 1. The molecule has 1 aromatic rings. The number of morpholine rings is 1. The molecule has 0 aliphatic carbocycles. The highest BCUT2D eigenvalue weighted by molar-refractivity contribution is 7.15. The summed E-state index contributed by atoms with van der Waals surface area (Å²) >= 11 is 1.85. The second kappa shape index (κ2) is 7.56. The molecule has 1 aromatic heterocycles. The van der Waals surface area contributed by atoms with Crippen LogP contribution in [-0.4, -0.2) is 37.3 Å². The molecule has 1 unspecified atom stereocenters. The Morgan fingerprint density at radius 1 is 1.38 bits per heavy atom. The fraction of sp³-hybridized carbons (Fsp3) is 0.812. The third kappa shape index (κ3) is 4.41. The number of nitrogens with one attached hydrogen (secondary N) is 1. The highest BCUT2D eigenvalue weighted by Gasteiger charge is 2.24. The van der Waals surface area contributed by atoms with Crippen molar-refractivity contribution in [1.82, 2.24) is 10.3 Å². The molecule has 4 nitrogen and oxygen atoms in total. The Hall–Kier alpha value is -0.650. The first-order valence-corrected chi connectivity index (χ1v) is 8.85. The summed E-state index contributed by atoms with van der Waals surface area (Å²) in [6.07, 6.45) is 0. The van der Waals surface area contributed by atoms with Crippen LogP contribution in [0.2, 0.25) is 0 Å². The molecule has 1 aliphatic heterocycles. The summed E-state index contributed by atoms with van der Waals surface area (Å²) in [6.45, 7) is 15.7. The van der Waals surface area contributed by atoms with Crippen LogP contribution in [0.1, 0.15) is 51.1 Å². The predicted molar refractivity (Wildman–Crippen MR) is 90.4 cm³/mol. The summed E-state index contributed by atoms with van der Waals surface area (Å²) in [5.41, 5.74) is 1.25. The summed E-state index contributed by atoms with van der Waals surface area (Å²) in [7, 11) is 0. The maximum absolute atomic E-state index is 5.53. The van der Waals surface area contributed by atoms with Gasteiger partial charge in [0.05, 0.1) is 24.9 Å². The fourth-order valence-electron chi connectivity index (χ4n) is 2.54. The van der Waals surface area contributed by atoms with Gasteiger partial charge in [0.15, 0.2) is 5.13 Å². The number of ether oxygens (including phenoxy) is 1. The van der Waals surface area contributed by atoms with Crippen LogP contribution >= 0.6 is 11.3 Å². The Morgan fingerprint density at radius 2 is 2.14 bits per heavy atom. The molecule has 1 N–H and O–H groups in total. The molecule has 0 saturated carbocycles. The lowest BCUT2D eigenvalue weighted by atomic mass is 10.1. The standard InChI is InChI=1S/C16H29N3OS/c1-11(2)8-17-9-14-15(12(3)4)18-16(21-14)19-6-7-20-10-13(19)5/h11-13,17H,6-10H2,1-5H3. The van der Waals surface area contributed by atoms with Gasteiger partial charge in [-0.2, -0.15) is 0 Å². The molecular formula is C16H29N3OS. The van der Waals surface area contributed by atoms with Crippen LogP contribution < -0.4 is 10.2 Å². The SMILES string of the molecule is CC(C)CNCc1sc(N2CCOCC2C)nc1C(C)C. The molecule has 1 atom stereocenters. The molecule has 5 heteroatoms. The Morgan fingerprint density at radius 3 is 2.76 bits per heavy atom. The van der Waals surface area contributed by atoms with Crippen LogP contribution in [0.25, 0.3) is 0 Å². The van der Waals surface area contributed by atoms with Crippen molar-refractivity contribution in [3.05, 3.63) is 10.6 Å². The van der Waals surface area contributed by atoms with Crippen molar-refractivity contribution in [2.24, 2.45) is 5.92 Å². The van der Waals surface area contributed by atoms with Gasteiger partial charge in [0.2, 0.25) is 0 Å². The molecular weight excluding hydrogens is 282 g/mol. The highest BCUT2D eigenvalue weighted by atomic mass is 32.1. The quantitative estimate of drug-likeness (QED) is 0.875. The van der Waals surface area contributed by atoms with Crippen LogP contribution in [-0.2, 0) is 11.3 Å². The van der Waals surface area contributed by atoms with E-state index in [9.17, 15) is 0 Å². The van der Waals surface area contributed by atoms with Crippen molar-refractivity contribution in [2.45, 2.75) is 53.1 Å². The van der Waals surface area contributed by atoms with Crippen molar-refractivity contribution in [3.8, 4) is 0 Å². The molecule has 0 radical (unpaired) electrons. The topological polar surface area (TPSA) is 37.4 Å². The Bertz CT molecular complexity index is 445. The average molecular weight is 311 g/mol. The van der Waals surface area contributed by atoms with Crippen LogP contribution in [0.4, 0.5) is 5.13 Å². The predicted octanol–water partition coefficient (Wildman–Crippen LogP) is 3.24. The van der Waals surface area contributed by atoms with Crippen LogP contribution in [0.15, 0.2) is 0 Å². The van der Waals surface area contributed by atoms with Gasteiger partial charge in [-0.3, -0.25) is 0 Å². The molecule has 0 bridgehead atoms. The van der Waals surface area contributed by atoms with E-state index in [0.29, 0.717) is 17.9 Å². The van der Waals surface area contributed by atoms with Gasteiger partial charge in [-0.1, -0.05) is 27.7 Å². The zero-order valence-corrected chi connectivity index (χ0v) is 14.8. The molecule has 0 aromatic carbocycles. The van der Waals surface area contributed by atoms with E-state index < -0.39 is 0 Å². The van der Waals surface area contributed by atoms with Gasteiger partial charge >= 0.3 is 0 Å². The minimum absolute atomic E-state index is 0.418. The number of rotatable bonds is 6. The lowest BCUT2D eigenvalue weighted by Crippen LogP contribution is -2.43. The third-order valence-electron chi connectivity index (χ3n) is 3.71. The van der Waals surface area contributed by atoms with E-state index in [1.54, 1.807) is 0 Å². The molecule has 0 spiro atoms. The van der Waals surface area contributed by atoms with Gasteiger partial charge in [0.25, 0.3) is 0 Å². The van der Waals surface area contributed by atoms with E-state index >= 15 is 0 Å². The van der Waals surface area contributed by atoms with E-state index in [0.717, 1.165) is 38.0 Å². The van der Waals surface area contributed by atoms with E-state index in [1.165, 1.54) is 10.6 Å². The number of hydrogen-bond donors (Lipinski definition) is 1. The van der Waals surface area contributed by atoms with Crippen LogP contribution in [0.5, 0.6) is 0 Å². The second-order valence-corrected chi connectivity index (χ2v) is 7.66. The maximum Gasteiger partial charge on any atom is 0.186 e. The van der Waals surface area contributed by atoms with Crippen LogP contribution in [0.3, 0.4) is 0 Å². The first-order valence-electron chi connectivity index (χ1n) is 8.03. The van der Waals surface area contributed by atoms with Crippen molar-refractivity contribution >= 4 is 16.5 Å². The van der Waals surface area contributed by atoms with Crippen molar-refractivity contribution in [3.63, 3.8) is 0 Å². The number of nitrogens with zero attached hydrogens (tertiary/aromatic N) is 2. The fourth-order valence-corrected chi connectivity index (χ4v) is 3.85. The Labute approximate surface area is 132 Å². The molecule has 21 heavy (non-hydrogen) atoms. The Balaban J connectivity index is 2.12. The van der Waals surface area contributed by atoms with E-state index in [2.05, 4.69) is 44.8 Å². The summed E-state index contributed by atoms with van der Waals surface area (Å²) in [6, 6.07) is 0.418. The lowest BCUT2D eigenvalue weighted by molar-refractivity contribution is 0.0989. The number of hydrogen-bond acceptors (Lipinski definition) is 5. The lowest BCUT2D eigenvalue weighted by Gasteiger charge is -2.32. The molecule has 2 heterocycles. The maximum atomic E-state index is 5.53. The molecule has 1 saturated heterocycles. The van der Waals surface area contributed by atoms with Gasteiger partial charge in [-0.25, -0.2) is 4.98 Å². The summed E-state index contributed by atoms with van der Waals surface area (Å²) in [5.74, 6) is 1.15. The number of anilines is 1. The molecule has 1 fully saturated rings. The van der Waals surface area contributed by atoms with Crippen molar-refractivity contribution in [1.29, 1.82) is 0 Å². The van der Waals surface area contributed by atoms with Crippen molar-refractivity contribution < 1.29 is 4.74 Å². The molecule has 120 valence electrons. The van der Waals surface area contributed by atoms with Crippen LogP contribution in [0, 0.1) is 5.92 Å². The van der Waals surface area contributed by atoms with Gasteiger partial charge in [0.1, 0.15) is 0 Å².